The van der Waals surface area contributed by atoms with Gasteiger partial charge in [0.15, 0.2) is 0 Å². The maximum atomic E-state index is 5.67. The van der Waals surface area contributed by atoms with Crippen molar-refractivity contribution in [2.24, 2.45) is 5.73 Å². The third kappa shape index (κ3) is 3.47. The first-order valence-electron chi connectivity index (χ1n) is 4.49. The first-order valence-corrected chi connectivity index (χ1v) is 4.87. The van der Waals surface area contributed by atoms with E-state index in [1.165, 1.54) is 0 Å². The zero-order valence-corrected chi connectivity index (χ0v) is 9.17. The van der Waals surface area contributed by atoms with E-state index < -0.39 is 0 Å². The van der Waals surface area contributed by atoms with Crippen molar-refractivity contribution in [3.63, 3.8) is 0 Å². The number of anilines is 1. The Hall–Kier alpha value is -0.870. The van der Waals surface area contributed by atoms with Crippen molar-refractivity contribution in [2.45, 2.75) is 25.8 Å². The van der Waals surface area contributed by atoms with Gasteiger partial charge in [0.2, 0.25) is 5.95 Å². The Labute approximate surface area is 88.9 Å². The van der Waals surface area contributed by atoms with Crippen molar-refractivity contribution in [2.75, 3.05) is 11.9 Å². The molecule has 0 aliphatic carbocycles. The fraction of sp³-hybridized carbons (Fsp3) is 0.556. The largest absolute Gasteiger partial charge is 0.349 e. The summed E-state index contributed by atoms with van der Waals surface area (Å²) >= 11 is 5.67. The predicted octanol–water partition coefficient (Wildman–Crippen LogP) is 1.67. The molecule has 1 rings (SSSR count). The summed E-state index contributed by atoms with van der Waals surface area (Å²) < 4.78 is 0. The summed E-state index contributed by atoms with van der Waals surface area (Å²) in [4.78, 5) is 8.10. The lowest BCUT2D eigenvalue weighted by Crippen LogP contribution is -2.34. The molecule has 3 N–H and O–H groups in total. The number of nitrogens with zero attached hydrogens (tertiary/aromatic N) is 2. The van der Waals surface area contributed by atoms with Gasteiger partial charge in [-0.3, -0.25) is 0 Å². The van der Waals surface area contributed by atoms with Crippen LogP contribution < -0.4 is 11.1 Å². The highest BCUT2D eigenvalue weighted by atomic mass is 35.5. The molecule has 0 atom stereocenters. The number of hydrogen-bond donors (Lipinski definition) is 2. The number of hydrogen-bond acceptors (Lipinski definition) is 4. The van der Waals surface area contributed by atoms with E-state index in [9.17, 15) is 0 Å². The Morgan fingerprint density at radius 3 is 2.50 bits per heavy atom. The van der Waals surface area contributed by atoms with Gasteiger partial charge in [0, 0.05) is 5.54 Å². The van der Waals surface area contributed by atoms with Crippen LogP contribution in [0.3, 0.4) is 0 Å². The van der Waals surface area contributed by atoms with Crippen LogP contribution in [0.2, 0.25) is 5.02 Å². The standard InChI is InChI=1S/C9H15ClN4/c1-9(2,3-4-11)14-8-12-5-7(10)6-13-8/h5-6H,3-4,11H2,1-2H3,(H,12,13,14). The van der Waals surface area contributed by atoms with Gasteiger partial charge in [-0.1, -0.05) is 11.6 Å². The number of halogens is 1. The molecular formula is C9H15ClN4. The van der Waals surface area contributed by atoms with Crippen LogP contribution in [0.4, 0.5) is 5.95 Å². The van der Waals surface area contributed by atoms with E-state index in [1.807, 2.05) is 0 Å². The van der Waals surface area contributed by atoms with Crippen LogP contribution in [0.15, 0.2) is 12.4 Å². The molecule has 1 aromatic rings. The first-order chi connectivity index (χ1) is 6.53. The highest BCUT2D eigenvalue weighted by Crippen LogP contribution is 2.14. The SMILES string of the molecule is CC(C)(CCN)Nc1ncc(Cl)cn1. The maximum absolute atomic E-state index is 5.67. The van der Waals surface area contributed by atoms with Crippen LogP contribution in [0.25, 0.3) is 0 Å². The summed E-state index contributed by atoms with van der Waals surface area (Å²) in [6.45, 7) is 4.74. The number of aromatic nitrogens is 2. The second kappa shape index (κ2) is 4.57. The van der Waals surface area contributed by atoms with Crippen LogP contribution in [0, 0.1) is 0 Å². The van der Waals surface area contributed by atoms with Crippen molar-refractivity contribution < 1.29 is 0 Å². The lowest BCUT2D eigenvalue weighted by molar-refractivity contribution is 0.522. The molecule has 1 heterocycles. The Morgan fingerprint density at radius 2 is 2.00 bits per heavy atom. The Morgan fingerprint density at radius 1 is 1.43 bits per heavy atom. The Balaban J connectivity index is 2.64. The molecule has 0 aromatic carbocycles. The van der Waals surface area contributed by atoms with Crippen molar-refractivity contribution >= 4 is 17.5 Å². The highest BCUT2D eigenvalue weighted by molar-refractivity contribution is 6.30. The second-order valence-electron chi connectivity index (χ2n) is 3.77. The van der Waals surface area contributed by atoms with Gasteiger partial charge in [0.1, 0.15) is 0 Å². The summed E-state index contributed by atoms with van der Waals surface area (Å²) in [6.07, 6.45) is 3.99. The number of nitrogens with two attached hydrogens (primary N) is 1. The highest BCUT2D eigenvalue weighted by Gasteiger charge is 2.16. The number of nitrogens with one attached hydrogen (secondary N) is 1. The molecule has 1 aromatic heterocycles. The van der Waals surface area contributed by atoms with E-state index in [0.717, 1.165) is 6.42 Å². The summed E-state index contributed by atoms with van der Waals surface area (Å²) in [5, 5.41) is 3.72. The van der Waals surface area contributed by atoms with Gasteiger partial charge in [-0.05, 0) is 26.8 Å². The van der Waals surface area contributed by atoms with E-state index in [2.05, 4.69) is 29.1 Å². The molecule has 78 valence electrons. The van der Waals surface area contributed by atoms with Crippen molar-refractivity contribution in [3.05, 3.63) is 17.4 Å². The van der Waals surface area contributed by atoms with Crippen molar-refractivity contribution in [1.82, 2.24) is 9.97 Å². The van der Waals surface area contributed by atoms with E-state index in [-0.39, 0.29) is 5.54 Å². The molecule has 0 bridgehead atoms. The van der Waals surface area contributed by atoms with E-state index >= 15 is 0 Å². The number of rotatable bonds is 4. The molecule has 0 aliphatic rings. The van der Waals surface area contributed by atoms with Crippen LogP contribution >= 0.6 is 11.6 Å². The molecule has 0 spiro atoms. The third-order valence-corrected chi connectivity index (χ3v) is 2.04. The van der Waals surface area contributed by atoms with Gasteiger partial charge in [0.05, 0.1) is 17.4 Å². The Bertz CT molecular complexity index is 283. The monoisotopic (exact) mass is 214 g/mol. The topological polar surface area (TPSA) is 63.8 Å². The smallest absolute Gasteiger partial charge is 0.223 e. The summed E-state index contributed by atoms with van der Waals surface area (Å²) in [5.74, 6) is 0.577. The van der Waals surface area contributed by atoms with Gasteiger partial charge in [0.25, 0.3) is 0 Å². The molecule has 0 saturated carbocycles. The summed E-state index contributed by atoms with van der Waals surface area (Å²) in [5.41, 5.74) is 5.40. The fourth-order valence-electron chi connectivity index (χ4n) is 1.10. The average Bonchev–Trinajstić information content (AvgIpc) is 2.08. The molecule has 5 heteroatoms. The molecule has 0 fully saturated rings. The predicted molar refractivity (Wildman–Crippen MR) is 58.4 cm³/mol. The van der Waals surface area contributed by atoms with Crippen LogP contribution in [0.1, 0.15) is 20.3 Å². The van der Waals surface area contributed by atoms with Crippen molar-refractivity contribution in [3.8, 4) is 0 Å². The van der Waals surface area contributed by atoms with Crippen LogP contribution in [-0.4, -0.2) is 22.1 Å². The second-order valence-corrected chi connectivity index (χ2v) is 4.21. The first kappa shape index (κ1) is 11.2. The van der Waals surface area contributed by atoms with Gasteiger partial charge in [-0.2, -0.15) is 0 Å². The minimum atomic E-state index is -0.0947. The summed E-state index contributed by atoms with van der Waals surface area (Å²) in [7, 11) is 0. The minimum Gasteiger partial charge on any atom is -0.349 e. The molecule has 0 amide bonds. The molecule has 0 unspecified atom stereocenters. The normalized spacial score (nSPS) is 11.4. The maximum Gasteiger partial charge on any atom is 0.223 e. The molecule has 14 heavy (non-hydrogen) atoms. The average molecular weight is 215 g/mol. The van der Waals surface area contributed by atoms with E-state index in [1.54, 1.807) is 12.4 Å². The third-order valence-electron chi connectivity index (χ3n) is 1.84. The molecule has 0 aliphatic heterocycles. The molecule has 0 radical (unpaired) electrons. The van der Waals surface area contributed by atoms with Crippen LogP contribution in [0.5, 0.6) is 0 Å². The molecular weight excluding hydrogens is 200 g/mol. The van der Waals surface area contributed by atoms with Gasteiger partial charge >= 0.3 is 0 Å². The fourth-order valence-corrected chi connectivity index (χ4v) is 1.20. The lowest BCUT2D eigenvalue weighted by Gasteiger charge is -2.25. The van der Waals surface area contributed by atoms with Crippen LogP contribution in [-0.2, 0) is 0 Å². The van der Waals surface area contributed by atoms with Gasteiger partial charge in [-0.15, -0.1) is 0 Å². The van der Waals surface area contributed by atoms with E-state index in [4.69, 9.17) is 17.3 Å². The van der Waals surface area contributed by atoms with Crippen molar-refractivity contribution in [1.29, 1.82) is 0 Å². The molecule has 0 saturated heterocycles. The summed E-state index contributed by atoms with van der Waals surface area (Å²) in [6, 6.07) is 0. The zero-order chi connectivity index (χ0) is 10.6. The molecule has 4 nitrogen and oxygen atoms in total. The van der Waals surface area contributed by atoms with Gasteiger partial charge < -0.3 is 11.1 Å². The lowest BCUT2D eigenvalue weighted by atomic mass is 10.0. The quantitative estimate of drug-likeness (QED) is 0.801. The Kier molecular flexibility index (Phi) is 3.66. The van der Waals surface area contributed by atoms with Gasteiger partial charge in [-0.25, -0.2) is 9.97 Å². The van der Waals surface area contributed by atoms with E-state index in [0.29, 0.717) is 17.5 Å². The zero-order valence-electron chi connectivity index (χ0n) is 8.42. The minimum absolute atomic E-state index is 0.0947.